The SMILES string of the molecule is C[n+]1ccnc2c1B1c3c(ncnc3-c3cccc4cc[n+](C)c1c34)C2. The van der Waals surface area contributed by atoms with Gasteiger partial charge < -0.3 is 0 Å². The maximum atomic E-state index is 4.72. The Morgan fingerprint density at radius 1 is 0.923 bits per heavy atom. The molecule has 0 bridgehead atoms. The molecular formula is C20H16BN5+2. The van der Waals surface area contributed by atoms with E-state index < -0.39 is 0 Å². The van der Waals surface area contributed by atoms with Crippen molar-refractivity contribution >= 4 is 34.1 Å². The van der Waals surface area contributed by atoms with E-state index in [-0.39, 0.29) is 6.71 Å². The van der Waals surface area contributed by atoms with Gasteiger partial charge in [-0.25, -0.2) is 24.1 Å². The van der Waals surface area contributed by atoms with Gasteiger partial charge in [0, 0.05) is 29.1 Å². The van der Waals surface area contributed by atoms with E-state index in [0.717, 1.165) is 23.5 Å². The summed E-state index contributed by atoms with van der Waals surface area (Å²) in [5.41, 5.74) is 8.26. The van der Waals surface area contributed by atoms with E-state index in [1.54, 1.807) is 6.33 Å². The van der Waals surface area contributed by atoms with E-state index in [0.29, 0.717) is 0 Å². The first kappa shape index (κ1) is 14.1. The van der Waals surface area contributed by atoms with Crippen LogP contribution in [0.3, 0.4) is 0 Å². The molecule has 4 aromatic rings. The smallest absolute Gasteiger partial charge is 0.249 e. The second-order valence-electron chi connectivity index (χ2n) is 7.14. The van der Waals surface area contributed by atoms with Crippen LogP contribution in [0.15, 0.2) is 49.2 Å². The first-order chi connectivity index (χ1) is 12.7. The minimum Gasteiger partial charge on any atom is -0.249 e. The molecule has 6 rings (SSSR count). The zero-order valence-electron chi connectivity index (χ0n) is 14.6. The third-order valence-corrected chi connectivity index (χ3v) is 5.80. The molecule has 3 aromatic heterocycles. The molecule has 0 saturated carbocycles. The van der Waals surface area contributed by atoms with Crippen molar-refractivity contribution in [1.82, 2.24) is 15.0 Å². The Balaban J connectivity index is 1.87. The Bertz CT molecular complexity index is 1250. The maximum Gasteiger partial charge on any atom is 0.413 e. The van der Waals surface area contributed by atoms with Crippen molar-refractivity contribution in [3.05, 3.63) is 60.6 Å². The van der Waals surface area contributed by atoms with Gasteiger partial charge in [0.15, 0.2) is 23.6 Å². The van der Waals surface area contributed by atoms with Crippen molar-refractivity contribution in [3.8, 4) is 11.3 Å². The fourth-order valence-electron chi connectivity index (χ4n) is 4.72. The third-order valence-electron chi connectivity index (χ3n) is 5.80. The molecule has 0 amide bonds. The third kappa shape index (κ3) is 1.59. The van der Waals surface area contributed by atoms with Crippen LogP contribution in [0.5, 0.6) is 0 Å². The molecule has 122 valence electrons. The summed E-state index contributed by atoms with van der Waals surface area (Å²) in [6, 6.07) is 8.67. The van der Waals surface area contributed by atoms with Crippen molar-refractivity contribution in [2.75, 3.05) is 0 Å². The van der Waals surface area contributed by atoms with Gasteiger partial charge in [-0.3, -0.25) is 0 Å². The molecule has 5 nitrogen and oxygen atoms in total. The van der Waals surface area contributed by atoms with E-state index >= 15 is 0 Å². The highest BCUT2D eigenvalue weighted by atomic mass is 15.0. The maximum absolute atomic E-state index is 4.72. The number of pyridine rings is 1. The van der Waals surface area contributed by atoms with Crippen molar-refractivity contribution in [3.63, 3.8) is 0 Å². The summed E-state index contributed by atoms with van der Waals surface area (Å²) in [4.78, 5) is 14.0. The van der Waals surface area contributed by atoms with E-state index in [9.17, 15) is 0 Å². The molecule has 0 radical (unpaired) electrons. The average molecular weight is 337 g/mol. The van der Waals surface area contributed by atoms with Crippen LogP contribution < -0.4 is 25.8 Å². The molecule has 0 saturated heterocycles. The highest BCUT2D eigenvalue weighted by Gasteiger charge is 2.50. The zero-order valence-corrected chi connectivity index (χ0v) is 14.6. The van der Waals surface area contributed by atoms with Crippen LogP contribution in [0.25, 0.3) is 22.0 Å². The fraction of sp³-hybridized carbons (Fsp3) is 0.150. The van der Waals surface area contributed by atoms with Gasteiger partial charge in [0.2, 0.25) is 0 Å². The van der Waals surface area contributed by atoms with Gasteiger partial charge in [-0.15, -0.1) is 0 Å². The fourth-order valence-corrected chi connectivity index (χ4v) is 4.72. The lowest BCUT2D eigenvalue weighted by Crippen LogP contribution is -2.74. The number of aromatic nitrogens is 5. The average Bonchev–Trinajstić information content (AvgIpc) is 2.66. The molecule has 0 N–H and O–H groups in total. The summed E-state index contributed by atoms with van der Waals surface area (Å²) >= 11 is 0. The topological polar surface area (TPSA) is 46.4 Å². The number of nitrogens with zero attached hydrogens (tertiary/aromatic N) is 5. The number of fused-ring (bicyclic) bond motifs is 4. The quantitative estimate of drug-likeness (QED) is 0.266. The zero-order chi connectivity index (χ0) is 17.4. The Morgan fingerprint density at radius 3 is 2.73 bits per heavy atom. The second kappa shape index (κ2) is 4.72. The Morgan fingerprint density at radius 2 is 1.81 bits per heavy atom. The molecule has 6 heteroatoms. The molecule has 26 heavy (non-hydrogen) atoms. The molecule has 0 unspecified atom stereocenters. The predicted molar refractivity (Wildman–Crippen MR) is 99.0 cm³/mol. The van der Waals surface area contributed by atoms with E-state index in [1.165, 1.54) is 33.0 Å². The lowest BCUT2D eigenvalue weighted by atomic mass is 9.34. The minimum absolute atomic E-state index is 0.104. The second-order valence-corrected chi connectivity index (χ2v) is 7.14. The van der Waals surface area contributed by atoms with E-state index in [4.69, 9.17) is 9.97 Å². The molecule has 0 fully saturated rings. The summed E-state index contributed by atoms with van der Waals surface area (Å²) in [6.07, 6.45) is 8.52. The molecule has 2 aliphatic heterocycles. The number of hydrogen-bond acceptors (Lipinski definition) is 3. The summed E-state index contributed by atoms with van der Waals surface area (Å²) in [5, 5.41) is 2.54. The van der Waals surface area contributed by atoms with Crippen molar-refractivity contribution < 1.29 is 9.13 Å². The van der Waals surface area contributed by atoms with Crippen LogP contribution in [0.4, 0.5) is 0 Å². The van der Waals surface area contributed by atoms with Gasteiger partial charge >= 0.3 is 6.71 Å². The van der Waals surface area contributed by atoms with E-state index in [2.05, 4.69) is 58.7 Å². The first-order valence-electron chi connectivity index (χ1n) is 8.83. The summed E-state index contributed by atoms with van der Waals surface area (Å²) < 4.78 is 4.46. The molecule has 0 spiro atoms. The Hall–Kier alpha value is -3.15. The molecule has 0 atom stereocenters. The van der Waals surface area contributed by atoms with Crippen LogP contribution in [0.1, 0.15) is 11.4 Å². The minimum atomic E-state index is 0.104. The predicted octanol–water partition coefficient (Wildman–Crippen LogP) is -0.925. The highest BCUT2D eigenvalue weighted by Crippen LogP contribution is 2.29. The molecule has 1 aromatic carbocycles. The summed E-state index contributed by atoms with van der Waals surface area (Å²) in [5.74, 6) is 0. The molecule has 2 aliphatic rings. The van der Waals surface area contributed by atoms with Crippen LogP contribution in [-0.4, -0.2) is 21.7 Å². The lowest BCUT2D eigenvalue weighted by molar-refractivity contribution is -0.658. The lowest BCUT2D eigenvalue weighted by Gasteiger charge is -2.27. The van der Waals surface area contributed by atoms with Gasteiger partial charge in [-0.05, 0) is 10.8 Å². The number of aryl methyl sites for hydroxylation is 2. The number of rotatable bonds is 0. The standard InChI is InChI=1S/C20H16BN5/c1-25-8-6-12-4-3-5-13-16(12)20(25)21-17-14(23-11-24-18(13)17)10-15-19(21)26(2)9-7-22-15/h3-9,11H,10H2,1-2H3/q+2. The first-order valence-corrected chi connectivity index (χ1v) is 8.83. The highest BCUT2D eigenvalue weighted by molar-refractivity contribution is 6.97. The Labute approximate surface area is 151 Å². The van der Waals surface area contributed by atoms with Crippen LogP contribution >= 0.6 is 0 Å². The largest absolute Gasteiger partial charge is 0.413 e. The van der Waals surface area contributed by atoms with Gasteiger partial charge in [0.05, 0.1) is 11.9 Å². The van der Waals surface area contributed by atoms with Crippen molar-refractivity contribution in [2.24, 2.45) is 14.1 Å². The molecular weight excluding hydrogens is 321 g/mol. The number of hydrogen-bond donors (Lipinski definition) is 0. The van der Waals surface area contributed by atoms with Crippen molar-refractivity contribution in [2.45, 2.75) is 6.42 Å². The molecule has 5 heterocycles. The normalized spacial score (nSPS) is 13.5. The van der Waals surface area contributed by atoms with Crippen LogP contribution in [0.2, 0.25) is 0 Å². The molecule has 0 aliphatic carbocycles. The monoisotopic (exact) mass is 337 g/mol. The van der Waals surface area contributed by atoms with Crippen LogP contribution in [-0.2, 0) is 20.5 Å². The van der Waals surface area contributed by atoms with Gasteiger partial charge in [-0.1, -0.05) is 18.2 Å². The van der Waals surface area contributed by atoms with Gasteiger partial charge in [0.1, 0.15) is 26.1 Å². The Kier molecular flexibility index (Phi) is 2.56. The van der Waals surface area contributed by atoms with Crippen LogP contribution in [0, 0.1) is 0 Å². The summed E-state index contributed by atoms with van der Waals surface area (Å²) in [7, 11) is 4.24. The van der Waals surface area contributed by atoms with E-state index in [1.807, 2.05) is 12.4 Å². The van der Waals surface area contributed by atoms with Crippen molar-refractivity contribution in [1.29, 1.82) is 0 Å². The summed E-state index contributed by atoms with van der Waals surface area (Å²) in [6.45, 7) is 0.104. The van der Waals surface area contributed by atoms with Gasteiger partial charge in [-0.2, -0.15) is 0 Å². The van der Waals surface area contributed by atoms with Gasteiger partial charge in [0.25, 0.3) is 0 Å². The number of benzene rings is 1.